The van der Waals surface area contributed by atoms with Gasteiger partial charge in [-0.1, -0.05) is 33.8 Å². The molecule has 0 heterocycles. The SMILES string of the molecule is CC(=O)SCCC(O)C(O)c1ccc(C(=O)O)cc1Br. The Balaban J connectivity index is 2.73. The quantitative estimate of drug-likeness (QED) is 0.717. The molecule has 0 aliphatic carbocycles. The van der Waals surface area contributed by atoms with E-state index in [4.69, 9.17) is 5.11 Å². The molecule has 0 fully saturated rings. The van der Waals surface area contributed by atoms with Gasteiger partial charge < -0.3 is 15.3 Å². The summed E-state index contributed by atoms with van der Waals surface area (Å²) in [6, 6.07) is 4.19. The third-order valence-electron chi connectivity index (χ3n) is 2.65. The maximum absolute atomic E-state index is 10.8. The Morgan fingerprint density at radius 1 is 1.35 bits per heavy atom. The van der Waals surface area contributed by atoms with Crippen LogP contribution in [-0.2, 0) is 4.79 Å². The van der Waals surface area contributed by atoms with Crippen LogP contribution in [0, 0.1) is 0 Å². The largest absolute Gasteiger partial charge is 0.478 e. The monoisotopic (exact) mass is 362 g/mol. The Labute approximate surface area is 129 Å². The Hall–Kier alpha value is -0.890. The number of aliphatic hydroxyl groups excluding tert-OH is 2. The molecule has 0 bridgehead atoms. The fourth-order valence-corrected chi connectivity index (χ4v) is 2.85. The predicted octanol–water partition coefficient (Wildman–Crippen LogP) is 2.21. The summed E-state index contributed by atoms with van der Waals surface area (Å²) in [7, 11) is 0. The average molecular weight is 363 g/mol. The lowest BCUT2D eigenvalue weighted by molar-refractivity contribution is -0.109. The highest BCUT2D eigenvalue weighted by Crippen LogP contribution is 2.28. The normalized spacial score (nSPS) is 13.8. The van der Waals surface area contributed by atoms with Crippen LogP contribution in [0.25, 0.3) is 0 Å². The molecule has 0 aliphatic heterocycles. The van der Waals surface area contributed by atoms with Crippen LogP contribution in [0.4, 0.5) is 0 Å². The molecule has 3 N–H and O–H groups in total. The molecule has 110 valence electrons. The van der Waals surface area contributed by atoms with Gasteiger partial charge in [0.25, 0.3) is 0 Å². The minimum Gasteiger partial charge on any atom is -0.478 e. The van der Waals surface area contributed by atoms with E-state index in [-0.39, 0.29) is 17.1 Å². The van der Waals surface area contributed by atoms with Crippen molar-refractivity contribution in [2.75, 3.05) is 5.75 Å². The molecule has 5 nitrogen and oxygen atoms in total. The van der Waals surface area contributed by atoms with Crippen LogP contribution in [0.15, 0.2) is 22.7 Å². The van der Waals surface area contributed by atoms with Crippen molar-refractivity contribution in [3.63, 3.8) is 0 Å². The fraction of sp³-hybridized carbons (Fsp3) is 0.385. The maximum Gasteiger partial charge on any atom is 0.335 e. The third kappa shape index (κ3) is 4.90. The van der Waals surface area contributed by atoms with E-state index in [0.717, 1.165) is 11.8 Å². The van der Waals surface area contributed by atoms with Gasteiger partial charge >= 0.3 is 5.97 Å². The summed E-state index contributed by atoms with van der Waals surface area (Å²) in [4.78, 5) is 21.6. The number of rotatable bonds is 6. The van der Waals surface area contributed by atoms with Crippen molar-refractivity contribution in [3.05, 3.63) is 33.8 Å². The Kier molecular flexibility index (Phi) is 6.67. The molecule has 1 aromatic rings. The van der Waals surface area contributed by atoms with Crippen LogP contribution in [0.1, 0.15) is 35.4 Å². The van der Waals surface area contributed by atoms with Gasteiger partial charge in [-0.15, -0.1) is 0 Å². The van der Waals surface area contributed by atoms with Crippen LogP contribution >= 0.6 is 27.7 Å². The summed E-state index contributed by atoms with van der Waals surface area (Å²) >= 11 is 4.27. The molecule has 0 aromatic heterocycles. The Morgan fingerprint density at radius 2 is 2.00 bits per heavy atom. The van der Waals surface area contributed by atoms with Crippen molar-refractivity contribution in [2.45, 2.75) is 25.6 Å². The van der Waals surface area contributed by atoms with Crippen LogP contribution in [0.5, 0.6) is 0 Å². The highest BCUT2D eigenvalue weighted by atomic mass is 79.9. The molecule has 0 spiro atoms. The van der Waals surface area contributed by atoms with Crippen molar-refractivity contribution in [3.8, 4) is 0 Å². The minimum absolute atomic E-state index is 0.0429. The molecule has 0 saturated carbocycles. The second-order valence-electron chi connectivity index (χ2n) is 4.18. The van der Waals surface area contributed by atoms with Gasteiger partial charge in [-0.3, -0.25) is 4.79 Å². The van der Waals surface area contributed by atoms with Gasteiger partial charge in [0.05, 0.1) is 11.7 Å². The molecule has 2 unspecified atom stereocenters. The fourth-order valence-electron chi connectivity index (χ4n) is 1.59. The molecule has 1 rings (SSSR count). The number of aliphatic hydroxyl groups is 2. The van der Waals surface area contributed by atoms with Gasteiger partial charge in [-0.05, 0) is 24.1 Å². The van der Waals surface area contributed by atoms with Gasteiger partial charge in [-0.25, -0.2) is 4.79 Å². The van der Waals surface area contributed by atoms with Crippen LogP contribution in [0.2, 0.25) is 0 Å². The number of halogens is 1. The van der Waals surface area contributed by atoms with E-state index in [0.29, 0.717) is 15.8 Å². The molecule has 0 amide bonds. The highest BCUT2D eigenvalue weighted by molar-refractivity contribution is 9.10. The van der Waals surface area contributed by atoms with E-state index in [9.17, 15) is 19.8 Å². The number of carbonyl (C=O) groups excluding carboxylic acids is 1. The van der Waals surface area contributed by atoms with E-state index in [1.807, 2.05) is 0 Å². The summed E-state index contributed by atoms with van der Waals surface area (Å²) in [5.41, 5.74) is 0.504. The smallest absolute Gasteiger partial charge is 0.335 e. The number of hydrogen-bond donors (Lipinski definition) is 3. The van der Waals surface area contributed by atoms with Crippen molar-refractivity contribution in [1.29, 1.82) is 0 Å². The highest BCUT2D eigenvalue weighted by Gasteiger charge is 2.21. The van der Waals surface area contributed by atoms with Gasteiger partial charge in [0.2, 0.25) is 0 Å². The van der Waals surface area contributed by atoms with Gasteiger partial charge in [0, 0.05) is 17.1 Å². The second kappa shape index (κ2) is 7.78. The minimum atomic E-state index is -1.14. The topological polar surface area (TPSA) is 94.8 Å². The lowest BCUT2D eigenvalue weighted by Crippen LogP contribution is -2.19. The summed E-state index contributed by atoms with van der Waals surface area (Å²) in [6.45, 7) is 1.44. The lowest BCUT2D eigenvalue weighted by Gasteiger charge is -2.19. The van der Waals surface area contributed by atoms with E-state index < -0.39 is 18.2 Å². The second-order valence-corrected chi connectivity index (χ2v) is 6.31. The van der Waals surface area contributed by atoms with Crippen molar-refractivity contribution in [2.24, 2.45) is 0 Å². The average Bonchev–Trinajstić information content (AvgIpc) is 2.37. The predicted molar refractivity (Wildman–Crippen MR) is 79.8 cm³/mol. The number of carboxylic acids is 1. The molecular weight excluding hydrogens is 348 g/mol. The zero-order valence-electron chi connectivity index (χ0n) is 10.7. The lowest BCUT2D eigenvalue weighted by atomic mass is 10.0. The molecular formula is C13H15BrO5S. The van der Waals surface area contributed by atoms with E-state index in [1.165, 1.54) is 25.1 Å². The van der Waals surface area contributed by atoms with Crippen LogP contribution in [0.3, 0.4) is 0 Å². The van der Waals surface area contributed by atoms with Gasteiger partial charge in [0.15, 0.2) is 5.12 Å². The molecule has 1 aromatic carbocycles. The van der Waals surface area contributed by atoms with Crippen molar-refractivity contribution >= 4 is 38.8 Å². The maximum atomic E-state index is 10.8. The summed E-state index contributed by atoms with van der Waals surface area (Å²) in [5, 5.41) is 28.7. The zero-order chi connectivity index (χ0) is 15.3. The number of carbonyl (C=O) groups is 2. The number of thioether (sulfide) groups is 1. The number of aromatic carboxylic acids is 1. The number of carboxylic acid groups (broad SMARTS) is 1. The molecule has 0 aliphatic rings. The van der Waals surface area contributed by atoms with Gasteiger partial charge in [-0.2, -0.15) is 0 Å². The first kappa shape index (κ1) is 17.2. The first-order valence-electron chi connectivity index (χ1n) is 5.85. The standard InChI is InChI=1S/C13H15BrO5S/c1-7(15)20-5-4-11(16)12(17)9-3-2-8(13(18)19)6-10(9)14/h2-3,6,11-12,16-17H,4-5H2,1H3,(H,18,19). The number of benzene rings is 1. The Bertz CT molecular complexity index is 506. The summed E-state index contributed by atoms with van der Waals surface area (Å²) < 4.78 is 0.420. The molecule has 0 radical (unpaired) electrons. The third-order valence-corrected chi connectivity index (χ3v) is 4.18. The van der Waals surface area contributed by atoms with Crippen LogP contribution in [-0.4, -0.2) is 38.3 Å². The summed E-state index contributed by atoms with van der Waals surface area (Å²) in [6.07, 6.45) is -1.90. The zero-order valence-corrected chi connectivity index (χ0v) is 13.1. The first-order valence-corrected chi connectivity index (χ1v) is 7.63. The van der Waals surface area contributed by atoms with Crippen molar-refractivity contribution in [1.82, 2.24) is 0 Å². The van der Waals surface area contributed by atoms with E-state index in [1.54, 1.807) is 0 Å². The number of hydrogen-bond acceptors (Lipinski definition) is 5. The van der Waals surface area contributed by atoms with E-state index >= 15 is 0 Å². The molecule has 2 atom stereocenters. The van der Waals surface area contributed by atoms with E-state index in [2.05, 4.69) is 15.9 Å². The van der Waals surface area contributed by atoms with Crippen molar-refractivity contribution < 1.29 is 24.9 Å². The van der Waals surface area contributed by atoms with Gasteiger partial charge in [0.1, 0.15) is 6.10 Å². The molecule has 20 heavy (non-hydrogen) atoms. The summed E-state index contributed by atoms with van der Waals surface area (Å²) in [5.74, 6) is -0.650. The molecule has 7 heteroatoms. The Morgan fingerprint density at radius 3 is 2.50 bits per heavy atom. The molecule has 0 saturated heterocycles. The first-order chi connectivity index (χ1) is 9.32. The van der Waals surface area contributed by atoms with Crippen LogP contribution < -0.4 is 0 Å².